The summed E-state index contributed by atoms with van der Waals surface area (Å²) < 4.78 is 70.7. The number of carbonyl (C=O) groups is 3. The summed E-state index contributed by atoms with van der Waals surface area (Å²) >= 11 is 5.52. The van der Waals surface area contributed by atoms with Crippen molar-refractivity contribution in [2.24, 2.45) is 0 Å². The second-order valence-electron chi connectivity index (χ2n) is 14.8. The van der Waals surface area contributed by atoms with Crippen LogP contribution in [0.2, 0.25) is 0 Å². The van der Waals surface area contributed by atoms with E-state index in [1.54, 1.807) is 0 Å². The predicted molar refractivity (Wildman–Crippen MR) is 213 cm³/mol. The first kappa shape index (κ1) is 40.2. The van der Waals surface area contributed by atoms with Crippen LogP contribution in [0.4, 0.5) is 33.3 Å². The molecule has 2 amide bonds. The van der Waals surface area contributed by atoms with E-state index in [-0.39, 0.29) is 34.4 Å². The number of rotatable bonds is 11. The summed E-state index contributed by atoms with van der Waals surface area (Å²) in [5.74, 6) is -2.65. The Morgan fingerprint density at radius 1 is 0.948 bits per heavy atom. The fourth-order valence-electron chi connectivity index (χ4n) is 7.62. The lowest BCUT2D eigenvalue weighted by atomic mass is 9.99. The van der Waals surface area contributed by atoms with Gasteiger partial charge < -0.3 is 20.5 Å². The molecule has 7 rings (SSSR count). The zero-order chi connectivity index (χ0) is 41.5. The summed E-state index contributed by atoms with van der Waals surface area (Å²) in [6, 6.07) is 18.9. The van der Waals surface area contributed by atoms with Crippen molar-refractivity contribution in [3.05, 3.63) is 118 Å². The summed E-state index contributed by atoms with van der Waals surface area (Å²) in [7, 11) is 0. The lowest BCUT2D eigenvalue weighted by Gasteiger charge is -2.29. The van der Waals surface area contributed by atoms with Crippen molar-refractivity contribution in [3.63, 3.8) is 0 Å². The van der Waals surface area contributed by atoms with Gasteiger partial charge in [0.25, 0.3) is 11.8 Å². The average molecular weight is 813 g/mol. The third-order valence-corrected chi connectivity index (χ3v) is 10.9. The zero-order valence-corrected chi connectivity index (χ0v) is 32.3. The van der Waals surface area contributed by atoms with Gasteiger partial charge in [-0.1, -0.05) is 24.3 Å². The minimum atomic E-state index is -4.86. The summed E-state index contributed by atoms with van der Waals surface area (Å²) in [4.78, 5) is 44.6. The number of hydrogen-bond acceptors (Lipinski definition) is 6. The van der Waals surface area contributed by atoms with Gasteiger partial charge in [-0.25, -0.2) is 8.78 Å². The summed E-state index contributed by atoms with van der Waals surface area (Å²) in [5, 5.41) is 15.9. The molecule has 3 N–H and O–H groups in total. The molecule has 1 fully saturated rings. The van der Waals surface area contributed by atoms with E-state index in [0.717, 1.165) is 57.6 Å². The van der Waals surface area contributed by atoms with Crippen LogP contribution in [0.3, 0.4) is 0 Å². The van der Waals surface area contributed by atoms with Crippen LogP contribution in [0.1, 0.15) is 82.5 Å². The highest BCUT2D eigenvalue weighted by molar-refractivity contribution is 7.81. The van der Waals surface area contributed by atoms with E-state index in [1.807, 2.05) is 24.3 Å². The molecule has 58 heavy (non-hydrogen) atoms. The van der Waals surface area contributed by atoms with Crippen LogP contribution in [-0.2, 0) is 23.9 Å². The Balaban J connectivity index is 0.904. The molecule has 0 unspecified atom stereocenters. The highest BCUT2D eigenvalue weighted by atomic mass is 32.1. The molecular weight excluding hydrogens is 776 g/mol. The smallest absolute Gasteiger partial charge is 0.354 e. The predicted octanol–water partition coefficient (Wildman–Crippen LogP) is 8.74. The van der Waals surface area contributed by atoms with Crippen molar-refractivity contribution in [1.82, 2.24) is 15.6 Å². The molecule has 0 radical (unpaired) electrons. The first-order chi connectivity index (χ1) is 27.6. The van der Waals surface area contributed by atoms with Crippen molar-refractivity contribution in [2.45, 2.75) is 64.2 Å². The van der Waals surface area contributed by atoms with Gasteiger partial charge in [-0.15, -0.1) is 0 Å². The molecule has 0 atom stereocenters. The molecule has 15 heteroatoms. The molecule has 2 aliphatic rings. The number of alkyl halides is 3. The topological polar surface area (TPSA) is 121 Å². The number of nitrogens with zero attached hydrogens (tertiary/aromatic N) is 3. The summed E-state index contributed by atoms with van der Waals surface area (Å²) in [5.41, 5.74) is 1.43. The number of aromatic nitrogens is 1. The van der Waals surface area contributed by atoms with E-state index in [2.05, 4.69) is 15.6 Å². The number of nitrogens with one attached hydrogen (secondary N) is 3. The lowest BCUT2D eigenvalue weighted by Crippen LogP contribution is -2.44. The number of nitriles is 1. The third-order valence-electron chi connectivity index (χ3n) is 10.5. The SMILES string of the molecule is CC1(C)C(=O)N(c2ccc(C#N)c(C(F)(F)F)c2)C(=S)N1c1ccc(C(=O)NCCCCNCc2ccc(-c3[nH]c4cc(F)cc5c4c3CCCC5=O)cc2)c(F)c1. The molecule has 298 valence electrons. The minimum absolute atomic E-state index is 0.0397. The maximum absolute atomic E-state index is 15.4. The van der Waals surface area contributed by atoms with Crippen molar-refractivity contribution >= 4 is 57.2 Å². The molecule has 4 aromatic carbocycles. The standard InChI is InChI=1S/C43H37F5N6O3S/c1-42(2)40(57)53(28-13-12-26(22-49)33(20-28)43(46,47)48)41(58)54(42)29-14-15-30(34(45)21-29)39(56)51-17-4-3-16-50-23-24-8-10-25(11-9-24)38-31-6-5-7-36(55)32-18-27(44)19-35(52-38)37(31)32/h8-15,18-21,50,52H,3-7,16-17,23H2,1-2H3,(H,51,56). The monoisotopic (exact) mass is 812 g/mol. The number of unbranched alkanes of at least 4 members (excludes halogenated alkanes) is 1. The molecule has 1 aliphatic carbocycles. The molecule has 0 bridgehead atoms. The zero-order valence-electron chi connectivity index (χ0n) is 31.4. The van der Waals surface area contributed by atoms with E-state index in [1.165, 1.54) is 55.1 Å². The Kier molecular flexibility index (Phi) is 10.9. The second-order valence-corrected chi connectivity index (χ2v) is 15.2. The van der Waals surface area contributed by atoms with Crippen LogP contribution in [0, 0.1) is 23.0 Å². The molecule has 1 saturated heterocycles. The number of thiocarbonyl (C=S) groups is 1. The largest absolute Gasteiger partial charge is 0.417 e. The second kappa shape index (κ2) is 15.8. The van der Waals surface area contributed by atoms with E-state index in [9.17, 15) is 31.9 Å². The average Bonchev–Trinajstić information content (AvgIpc) is 3.55. The van der Waals surface area contributed by atoms with Gasteiger partial charge in [0.15, 0.2) is 10.9 Å². The van der Waals surface area contributed by atoms with Gasteiger partial charge in [-0.05, 0) is 124 Å². The van der Waals surface area contributed by atoms with Crippen molar-refractivity contribution in [2.75, 3.05) is 22.9 Å². The third kappa shape index (κ3) is 7.57. The first-order valence-electron chi connectivity index (χ1n) is 18.7. The Bertz CT molecular complexity index is 2530. The number of halogens is 5. The van der Waals surface area contributed by atoms with E-state index >= 15 is 4.39 Å². The molecule has 1 aromatic heterocycles. The van der Waals surface area contributed by atoms with Gasteiger partial charge in [0.2, 0.25) is 0 Å². The Hall–Kier alpha value is -5.98. The number of aromatic amines is 1. The van der Waals surface area contributed by atoms with Crippen LogP contribution < -0.4 is 20.4 Å². The Morgan fingerprint density at radius 3 is 2.38 bits per heavy atom. The number of Topliss-reactive ketones (excluding diaryl/α,β-unsaturated/α-hetero) is 1. The number of H-pyrrole nitrogens is 1. The van der Waals surface area contributed by atoms with Crippen LogP contribution >= 0.6 is 12.2 Å². The normalized spacial score (nSPS) is 15.2. The number of aryl methyl sites for hydroxylation is 1. The van der Waals surface area contributed by atoms with Gasteiger partial charge in [-0.3, -0.25) is 19.3 Å². The van der Waals surface area contributed by atoms with Gasteiger partial charge in [0.05, 0.1) is 28.4 Å². The maximum atomic E-state index is 15.4. The first-order valence-corrected chi connectivity index (χ1v) is 19.1. The van der Waals surface area contributed by atoms with Crippen molar-refractivity contribution in [1.29, 1.82) is 5.26 Å². The Labute approximate surface area is 335 Å². The van der Waals surface area contributed by atoms with Crippen LogP contribution in [0.15, 0.2) is 72.8 Å². The van der Waals surface area contributed by atoms with E-state index < -0.39 is 46.3 Å². The molecule has 0 spiro atoms. The minimum Gasteiger partial charge on any atom is -0.354 e. The number of benzene rings is 4. The molecule has 9 nitrogen and oxygen atoms in total. The number of hydrogen-bond donors (Lipinski definition) is 3. The molecule has 1 aliphatic heterocycles. The van der Waals surface area contributed by atoms with Gasteiger partial charge >= 0.3 is 6.18 Å². The van der Waals surface area contributed by atoms with Gasteiger partial charge in [0.1, 0.15) is 17.2 Å². The molecule has 5 aromatic rings. The highest BCUT2D eigenvalue weighted by Gasteiger charge is 2.51. The number of anilines is 2. The van der Waals surface area contributed by atoms with Crippen molar-refractivity contribution in [3.8, 4) is 17.3 Å². The molecular formula is C43H37F5N6O3S. The Morgan fingerprint density at radius 2 is 1.67 bits per heavy atom. The fraction of sp³-hybridized carbons (Fsp3) is 0.279. The molecule has 2 heterocycles. The summed E-state index contributed by atoms with van der Waals surface area (Å²) in [6.45, 7) is 4.55. The van der Waals surface area contributed by atoms with Crippen molar-refractivity contribution < 1.29 is 36.3 Å². The van der Waals surface area contributed by atoms with Gasteiger partial charge in [0, 0.05) is 47.4 Å². The number of amides is 2. The van der Waals surface area contributed by atoms with Crippen LogP contribution in [0.5, 0.6) is 0 Å². The van der Waals surface area contributed by atoms with Gasteiger partial charge in [-0.2, -0.15) is 18.4 Å². The number of ketones is 1. The van der Waals surface area contributed by atoms with Crippen LogP contribution in [-0.4, -0.2) is 46.3 Å². The van der Waals surface area contributed by atoms with E-state index in [4.69, 9.17) is 17.5 Å². The molecule has 0 saturated carbocycles. The maximum Gasteiger partial charge on any atom is 0.417 e. The summed E-state index contributed by atoms with van der Waals surface area (Å²) in [6.07, 6.45) is -1.69. The van der Waals surface area contributed by atoms with E-state index in [0.29, 0.717) is 49.5 Å². The highest BCUT2D eigenvalue weighted by Crippen LogP contribution is 2.40. The number of carbonyl (C=O) groups excluding carboxylic acids is 3. The quantitative estimate of drug-likeness (QED) is 0.0693. The van der Waals surface area contributed by atoms with Crippen LogP contribution in [0.25, 0.3) is 22.2 Å². The lowest BCUT2D eigenvalue weighted by molar-refractivity contribution is -0.137. The fourth-order valence-corrected chi connectivity index (χ4v) is 8.15.